The normalized spacial score (nSPS) is 23.9. The highest BCUT2D eigenvalue weighted by Gasteiger charge is 2.27. The third-order valence-electron chi connectivity index (χ3n) is 3.99. The van der Waals surface area contributed by atoms with Crippen molar-refractivity contribution in [3.8, 4) is 0 Å². The number of sulfone groups is 1. The lowest BCUT2D eigenvalue weighted by Gasteiger charge is -2.37. The Morgan fingerprint density at radius 3 is 2.70 bits per heavy atom. The lowest BCUT2D eigenvalue weighted by molar-refractivity contribution is 0.382. The Balaban J connectivity index is 2.34. The molecule has 0 aromatic heterocycles. The number of benzene rings is 1. The molecule has 1 aliphatic heterocycles. The second kappa shape index (κ2) is 6.14. The molecule has 1 aromatic carbocycles. The lowest BCUT2D eigenvalue weighted by Crippen LogP contribution is -2.46. The van der Waals surface area contributed by atoms with E-state index in [0.717, 1.165) is 25.2 Å². The van der Waals surface area contributed by atoms with Gasteiger partial charge in [-0.05, 0) is 30.9 Å². The molecular weight excluding hydrogens is 272 g/mol. The summed E-state index contributed by atoms with van der Waals surface area (Å²) in [6.45, 7) is 5.66. The van der Waals surface area contributed by atoms with Gasteiger partial charge in [0, 0.05) is 19.1 Å². The van der Waals surface area contributed by atoms with Gasteiger partial charge in [-0.15, -0.1) is 0 Å². The van der Waals surface area contributed by atoms with Crippen LogP contribution in [-0.4, -0.2) is 33.3 Å². The number of anilines is 1. The summed E-state index contributed by atoms with van der Waals surface area (Å²) in [4.78, 5) is 2.63. The Bertz CT molecular complexity index is 557. The molecular formula is C15H24N2O2S. The van der Waals surface area contributed by atoms with Crippen LogP contribution in [0.3, 0.4) is 0 Å². The van der Waals surface area contributed by atoms with Gasteiger partial charge in [-0.1, -0.05) is 26.0 Å². The molecule has 1 aliphatic rings. The molecule has 2 N–H and O–H groups in total. The Hall–Kier alpha value is -1.07. The molecule has 1 fully saturated rings. The highest BCUT2D eigenvalue weighted by Crippen LogP contribution is 2.29. The fourth-order valence-corrected chi connectivity index (χ4v) is 4.30. The average Bonchev–Trinajstić information content (AvgIpc) is 2.42. The average molecular weight is 296 g/mol. The minimum atomic E-state index is -3.19. The molecule has 112 valence electrons. The minimum absolute atomic E-state index is 0.201. The van der Waals surface area contributed by atoms with Crippen LogP contribution < -0.4 is 10.6 Å². The highest BCUT2D eigenvalue weighted by atomic mass is 32.2. The number of piperidine rings is 1. The molecule has 2 atom stereocenters. The molecule has 0 spiro atoms. The molecule has 0 saturated carbocycles. The maximum atomic E-state index is 12.4. The summed E-state index contributed by atoms with van der Waals surface area (Å²) in [7, 11) is -3.19. The van der Waals surface area contributed by atoms with E-state index in [0.29, 0.717) is 17.2 Å². The second-order valence-electron chi connectivity index (χ2n) is 5.66. The number of nitrogens with two attached hydrogens (primary N) is 1. The summed E-state index contributed by atoms with van der Waals surface area (Å²) in [6.07, 6.45) is 1.54. The zero-order valence-electron chi connectivity index (χ0n) is 12.2. The van der Waals surface area contributed by atoms with Crippen molar-refractivity contribution in [3.63, 3.8) is 0 Å². The van der Waals surface area contributed by atoms with Crippen molar-refractivity contribution in [1.29, 1.82) is 0 Å². The van der Waals surface area contributed by atoms with Gasteiger partial charge in [0.25, 0.3) is 0 Å². The fraction of sp³-hybridized carbons (Fsp3) is 0.600. The number of para-hydroxylation sites is 1. The first kappa shape index (κ1) is 15.3. The monoisotopic (exact) mass is 296 g/mol. The topological polar surface area (TPSA) is 63.4 Å². The summed E-state index contributed by atoms with van der Waals surface area (Å²) in [5.74, 6) is 0.582. The highest BCUT2D eigenvalue weighted by molar-refractivity contribution is 7.91. The maximum Gasteiger partial charge on any atom is 0.180 e. The number of hydrogen-bond donors (Lipinski definition) is 1. The van der Waals surface area contributed by atoms with Crippen LogP contribution >= 0.6 is 0 Å². The van der Waals surface area contributed by atoms with Crippen LogP contribution in [-0.2, 0) is 9.84 Å². The molecule has 4 nitrogen and oxygen atoms in total. The molecule has 5 heteroatoms. The zero-order chi connectivity index (χ0) is 14.8. The smallest absolute Gasteiger partial charge is 0.180 e. The van der Waals surface area contributed by atoms with E-state index >= 15 is 0 Å². The standard InChI is InChI=1S/C15H24N2O2S/c1-3-10-20(18,19)15-7-5-4-6-14(15)17-9-8-13(16)12(2)11-17/h4-7,12-13H,3,8-11,16H2,1-2H3. The van der Waals surface area contributed by atoms with Gasteiger partial charge in [-0.2, -0.15) is 0 Å². The van der Waals surface area contributed by atoms with Gasteiger partial charge in [-0.3, -0.25) is 0 Å². The first-order valence-electron chi connectivity index (χ1n) is 7.28. The van der Waals surface area contributed by atoms with E-state index in [1.807, 2.05) is 19.1 Å². The van der Waals surface area contributed by atoms with Crippen molar-refractivity contribution in [2.75, 3.05) is 23.7 Å². The van der Waals surface area contributed by atoms with Gasteiger partial charge in [0.05, 0.1) is 16.3 Å². The molecule has 2 rings (SSSR count). The van der Waals surface area contributed by atoms with Crippen LogP contribution in [0.1, 0.15) is 26.7 Å². The first-order chi connectivity index (χ1) is 9.45. The minimum Gasteiger partial charge on any atom is -0.370 e. The SMILES string of the molecule is CCCS(=O)(=O)c1ccccc1N1CCC(N)C(C)C1. The first-order valence-corrected chi connectivity index (χ1v) is 8.93. The Morgan fingerprint density at radius 1 is 1.35 bits per heavy atom. The molecule has 1 saturated heterocycles. The van der Waals surface area contributed by atoms with Crippen molar-refractivity contribution in [1.82, 2.24) is 0 Å². The van der Waals surface area contributed by atoms with Gasteiger partial charge < -0.3 is 10.6 Å². The molecule has 2 unspecified atom stereocenters. The summed E-state index contributed by atoms with van der Waals surface area (Å²) in [6, 6.07) is 7.54. The number of hydrogen-bond acceptors (Lipinski definition) is 4. The molecule has 1 aromatic rings. The van der Waals surface area contributed by atoms with Crippen molar-refractivity contribution < 1.29 is 8.42 Å². The maximum absolute atomic E-state index is 12.4. The van der Waals surface area contributed by atoms with Crippen molar-refractivity contribution >= 4 is 15.5 Å². The third-order valence-corrected chi connectivity index (χ3v) is 5.95. The summed E-state index contributed by atoms with van der Waals surface area (Å²) < 4.78 is 24.8. The lowest BCUT2D eigenvalue weighted by atomic mass is 9.94. The van der Waals surface area contributed by atoms with Crippen molar-refractivity contribution in [2.24, 2.45) is 11.7 Å². The summed E-state index contributed by atoms with van der Waals surface area (Å²) in [5, 5.41) is 0. The summed E-state index contributed by atoms with van der Waals surface area (Å²) >= 11 is 0. The predicted octanol–water partition coefficient (Wildman–Crippen LogP) is 2.04. The number of nitrogens with zero attached hydrogens (tertiary/aromatic N) is 1. The van der Waals surface area contributed by atoms with Gasteiger partial charge >= 0.3 is 0 Å². The Morgan fingerprint density at radius 2 is 2.05 bits per heavy atom. The van der Waals surface area contributed by atoms with Crippen LogP contribution in [0, 0.1) is 5.92 Å². The van der Waals surface area contributed by atoms with Gasteiger partial charge in [0.2, 0.25) is 0 Å². The molecule has 1 heterocycles. The van der Waals surface area contributed by atoms with Crippen molar-refractivity contribution in [3.05, 3.63) is 24.3 Å². The van der Waals surface area contributed by atoms with E-state index in [-0.39, 0.29) is 11.8 Å². The Kier molecular flexibility index (Phi) is 4.70. The quantitative estimate of drug-likeness (QED) is 0.923. The van der Waals surface area contributed by atoms with E-state index < -0.39 is 9.84 Å². The molecule has 0 bridgehead atoms. The van der Waals surface area contributed by atoms with E-state index in [9.17, 15) is 8.42 Å². The molecule has 20 heavy (non-hydrogen) atoms. The zero-order valence-corrected chi connectivity index (χ0v) is 13.1. The van der Waals surface area contributed by atoms with Gasteiger partial charge in [-0.25, -0.2) is 8.42 Å². The predicted molar refractivity (Wildman–Crippen MR) is 82.8 cm³/mol. The van der Waals surface area contributed by atoms with Crippen LogP contribution in [0.5, 0.6) is 0 Å². The molecule has 0 radical (unpaired) electrons. The van der Waals surface area contributed by atoms with Crippen molar-refractivity contribution in [2.45, 2.75) is 37.6 Å². The van der Waals surface area contributed by atoms with E-state index in [4.69, 9.17) is 5.73 Å². The van der Waals surface area contributed by atoms with Crippen LogP contribution in [0.25, 0.3) is 0 Å². The van der Waals surface area contributed by atoms with E-state index in [1.54, 1.807) is 12.1 Å². The van der Waals surface area contributed by atoms with Gasteiger partial charge in [0.15, 0.2) is 9.84 Å². The van der Waals surface area contributed by atoms with Gasteiger partial charge in [0.1, 0.15) is 0 Å². The summed E-state index contributed by atoms with van der Waals surface area (Å²) in [5.41, 5.74) is 6.88. The molecule has 0 amide bonds. The Labute approximate surface area is 121 Å². The largest absolute Gasteiger partial charge is 0.370 e. The second-order valence-corrected chi connectivity index (χ2v) is 7.74. The number of rotatable bonds is 4. The van der Waals surface area contributed by atoms with E-state index in [1.165, 1.54) is 0 Å². The third kappa shape index (κ3) is 3.15. The fourth-order valence-electron chi connectivity index (χ4n) is 2.74. The van der Waals surface area contributed by atoms with E-state index in [2.05, 4.69) is 11.8 Å². The van der Waals surface area contributed by atoms with Crippen LogP contribution in [0.2, 0.25) is 0 Å². The van der Waals surface area contributed by atoms with Crippen LogP contribution in [0.4, 0.5) is 5.69 Å². The molecule has 0 aliphatic carbocycles. The van der Waals surface area contributed by atoms with Crippen LogP contribution in [0.15, 0.2) is 29.2 Å².